The zero-order chi connectivity index (χ0) is 15.1. The Morgan fingerprint density at radius 1 is 1.29 bits per heavy atom. The molecule has 0 spiro atoms. The van der Waals surface area contributed by atoms with Gasteiger partial charge in [0.15, 0.2) is 0 Å². The summed E-state index contributed by atoms with van der Waals surface area (Å²) in [6.07, 6.45) is 22.1. The molecule has 2 rings (SSSR count). The first-order valence-electron chi connectivity index (χ1n) is 8.21. The van der Waals surface area contributed by atoms with Crippen molar-refractivity contribution < 1.29 is 0 Å². The molecular weight excluding hydrogens is 254 g/mol. The van der Waals surface area contributed by atoms with E-state index in [0.717, 1.165) is 25.7 Å². The largest absolute Gasteiger partial charge is 0.265 e. The lowest BCUT2D eigenvalue weighted by Gasteiger charge is -2.20. The van der Waals surface area contributed by atoms with Crippen LogP contribution in [-0.4, -0.2) is 6.21 Å². The van der Waals surface area contributed by atoms with Gasteiger partial charge in [-0.25, -0.2) is 0 Å². The van der Waals surface area contributed by atoms with Gasteiger partial charge in [-0.3, -0.25) is 4.99 Å². The molecule has 0 saturated carbocycles. The van der Waals surface area contributed by atoms with Gasteiger partial charge in [0.1, 0.15) is 0 Å². The van der Waals surface area contributed by atoms with Gasteiger partial charge in [0, 0.05) is 23.7 Å². The summed E-state index contributed by atoms with van der Waals surface area (Å²) in [7, 11) is 0. The van der Waals surface area contributed by atoms with Crippen LogP contribution in [0, 0.1) is 11.8 Å². The Kier molecular flexibility index (Phi) is 5.98. The van der Waals surface area contributed by atoms with E-state index in [1.165, 1.54) is 11.3 Å². The topological polar surface area (TPSA) is 12.4 Å². The second-order valence-corrected chi connectivity index (χ2v) is 5.85. The van der Waals surface area contributed by atoms with Crippen molar-refractivity contribution >= 4 is 6.21 Å². The van der Waals surface area contributed by atoms with E-state index in [2.05, 4.69) is 69.5 Å². The summed E-state index contributed by atoms with van der Waals surface area (Å²) in [5.74, 6) is 0.831. The molecule has 0 bridgehead atoms. The normalized spacial score (nSPS) is 27.9. The maximum atomic E-state index is 4.81. The van der Waals surface area contributed by atoms with Gasteiger partial charge in [-0.2, -0.15) is 0 Å². The van der Waals surface area contributed by atoms with E-state index in [-0.39, 0.29) is 0 Å². The molecule has 0 fully saturated rings. The molecule has 0 N–H and O–H groups in total. The SMILES string of the molecule is CC/C=C1\N=CC(C2=CCC=CC=C2)C=C(CC)CC1C. The van der Waals surface area contributed by atoms with Gasteiger partial charge in [0.2, 0.25) is 0 Å². The Morgan fingerprint density at radius 2 is 2.14 bits per heavy atom. The number of nitrogens with zero attached hydrogens (tertiary/aromatic N) is 1. The fourth-order valence-electron chi connectivity index (χ4n) is 2.91. The lowest BCUT2D eigenvalue weighted by molar-refractivity contribution is 0.640. The average Bonchev–Trinajstić information content (AvgIpc) is 2.76. The number of hydrogen-bond acceptors (Lipinski definition) is 1. The molecule has 0 amide bonds. The second kappa shape index (κ2) is 7.97. The van der Waals surface area contributed by atoms with Crippen LogP contribution in [0.3, 0.4) is 0 Å². The summed E-state index contributed by atoms with van der Waals surface area (Å²) in [5, 5.41) is 0. The van der Waals surface area contributed by atoms with E-state index < -0.39 is 0 Å². The molecular formula is C20H27N. The van der Waals surface area contributed by atoms with E-state index in [0.29, 0.717) is 11.8 Å². The maximum absolute atomic E-state index is 4.81. The van der Waals surface area contributed by atoms with Crippen LogP contribution in [0.25, 0.3) is 0 Å². The van der Waals surface area contributed by atoms with Crippen LogP contribution >= 0.6 is 0 Å². The van der Waals surface area contributed by atoms with Gasteiger partial charge in [-0.05, 0) is 31.3 Å². The Balaban J connectivity index is 2.32. The van der Waals surface area contributed by atoms with Gasteiger partial charge in [-0.1, -0.05) is 68.9 Å². The van der Waals surface area contributed by atoms with Crippen LogP contribution in [0.5, 0.6) is 0 Å². The molecule has 0 saturated heterocycles. The number of rotatable bonds is 3. The van der Waals surface area contributed by atoms with Crippen molar-refractivity contribution in [1.29, 1.82) is 0 Å². The van der Waals surface area contributed by atoms with Crippen molar-refractivity contribution in [1.82, 2.24) is 0 Å². The maximum Gasteiger partial charge on any atom is 0.0391 e. The molecule has 1 heterocycles. The minimum atomic E-state index is 0.309. The fraction of sp³-hybridized carbons (Fsp3) is 0.450. The lowest BCUT2D eigenvalue weighted by Crippen LogP contribution is -2.10. The van der Waals surface area contributed by atoms with Crippen molar-refractivity contribution in [3.8, 4) is 0 Å². The van der Waals surface area contributed by atoms with Crippen LogP contribution < -0.4 is 0 Å². The van der Waals surface area contributed by atoms with Crippen LogP contribution in [0.4, 0.5) is 0 Å². The van der Waals surface area contributed by atoms with Crippen LogP contribution in [-0.2, 0) is 0 Å². The van der Waals surface area contributed by atoms with Crippen LogP contribution in [0.15, 0.2) is 64.4 Å². The minimum Gasteiger partial charge on any atom is -0.265 e. The highest BCUT2D eigenvalue weighted by Gasteiger charge is 2.16. The molecule has 112 valence electrons. The Labute approximate surface area is 129 Å². The average molecular weight is 281 g/mol. The molecule has 1 aliphatic carbocycles. The number of hydrogen-bond donors (Lipinski definition) is 0. The quantitative estimate of drug-likeness (QED) is 0.581. The minimum absolute atomic E-state index is 0.309. The van der Waals surface area contributed by atoms with Gasteiger partial charge in [0.25, 0.3) is 0 Å². The predicted octanol–water partition coefficient (Wildman–Crippen LogP) is 5.79. The molecule has 1 nitrogen and oxygen atoms in total. The third-order valence-electron chi connectivity index (χ3n) is 4.15. The van der Waals surface area contributed by atoms with E-state index >= 15 is 0 Å². The molecule has 2 unspecified atom stereocenters. The zero-order valence-corrected chi connectivity index (χ0v) is 13.5. The van der Waals surface area contributed by atoms with Gasteiger partial charge in [-0.15, -0.1) is 0 Å². The third kappa shape index (κ3) is 4.42. The molecule has 2 atom stereocenters. The molecule has 1 heteroatoms. The molecule has 0 aromatic heterocycles. The first-order valence-corrected chi connectivity index (χ1v) is 8.21. The van der Waals surface area contributed by atoms with Gasteiger partial charge >= 0.3 is 0 Å². The third-order valence-corrected chi connectivity index (χ3v) is 4.15. The van der Waals surface area contributed by atoms with Crippen molar-refractivity contribution in [2.24, 2.45) is 16.8 Å². The fourth-order valence-corrected chi connectivity index (χ4v) is 2.91. The highest BCUT2D eigenvalue weighted by Crippen LogP contribution is 2.28. The summed E-state index contributed by atoms with van der Waals surface area (Å²) >= 11 is 0. The monoisotopic (exact) mass is 281 g/mol. The smallest absolute Gasteiger partial charge is 0.0391 e. The van der Waals surface area contributed by atoms with E-state index in [4.69, 9.17) is 4.99 Å². The Morgan fingerprint density at radius 3 is 2.90 bits per heavy atom. The Bertz CT molecular complexity index is 526. The summed E-state index contributed by atoms with van der Waals surface area (Å²) in [5.41, 5.74) is 4.16. The summed E-state index contributed by atoms with van der Waals surface area (Å²) in [4.78, 5) is 4.81. The summed E-state index contributed by atoms with van der Waals surface area (Å²) in [6.45, 7) is 6.73. The highest BCUT2D eigenvalue weighted by atomic mass is 14.7. The highest BCUT2D eigenvalue weighted by molar-refractivity contribution is 5.71. The van der Waals surface area contributed by atoms with Crippen molar-refractivity contribution in [3.63, 3.8) is 0 Å². The molecule has 0 aromatic carbocycles. The summed E-state index contributed by atoms with van der Waals surface area (Å²) in [6, 6.07) is 0. The Hall–Kier alpha value is -1.63. The van der Waals surface area contributed by atoms with Crippen LogP contribution in [0.1, 0.15) is 46.5 Å². The first-order chi connectivity index (χ1) is 10.2. The van der Waals surface area contributed by atoms with Crippen molar-refractivity contribution in [2.75, 3.05) is 0 Å². The lowest BCUT2D eigenvalue weighted by atomic mass is 9.89. The van der Waals surface area contributed by atoms with Gasteiger partial charge in [0.05, 0.1) is 0 Å². The number of aliphatic imine (C=N–C) groups is 1. The molecule has 21 heavy (non-hydrogen) atoms. The second-order valence-electron chi connectivity index (χ2n) is 5.85. The van der Waals surface area contributed by atoms with E-state index in [1.807, 2.05) is 0 Å². The zero-order valence-electron chi connectivity index (χ0n) is 13.5. The molecule has 1 aliphatic heterocycles. The van der Waals surface area contributed by atoms with Crippen molar-refractivity contribution in [3.05, 3.63) is 59.4 Å². The van der Waals surface area contributed by atoms with Gasteiger partial charge < -0.3 is 0 Å². The molecule has 0 aromatic rings. The van der Waals surface area contributed by atoms with E-state index in [1.54, 1.807) is 5.57 Å². The van der Waals surface area contributed by atoms with Crippen LogP contribution in [0.2, 0.25) is 0 Å². The standard InChI is InChI=1S/C20H27N/c1-4-10-20-16(3)13-17(5-2)14-19(15-21-20)18-11-8-6-7-9-12-18/h6-8,10-12,14-16,19H,4-5,9,13H2,1-3H3/b17-14?,20-10-,21-15?. The summed E-state index contributed by atoms with van der Waals surface area (Å²) < 4.78 is 0. The van der Waals surface area contributed by atoms with Crippen molar-refractivity contribution in [2.45, 2.75) is 46.5 Å². The predicted molar refractivity (Wildman–Crippen MR) is 93.5 cm³/mol. The van der Waals surface area contributed by atoms with E-state index in [9.17, 15) is 0 Å². The first kappa shape index (κ1) is 15.8. The molecule has 0 radical (unpaired) electrons. The number of allylic oxidation sites excluding steroid dienone is 10. The molecule has 2 aliphatic rings.